The smallest absolute Gasteiger partial charge is 0.338 e. The SMILES string of the molecule is CCOC(=O)C1=C(COc2ccccc2Cl)N(C)C(=O)N[C@H]1c1cc(OC)ccc1OC. The molecular formula is C23H25ClN2O6. The fraction of sp³-hybridized carbons (Fsp3) is 0.304. The number of benzene rings is 2. The first-order chi connectivity index (χ1) is 15.4. The van der Waals surface area contributed by atoms with Crippen LogP contribution >= 0.6 is 11.6 Å². The molecule has 1 N–H and O–H groups in total. The third-order valence-corrected chi connectivity index (χ3v) is 5.33. The Morgan fingerprint density at radius 1 is 1.12 bits per heavy atom. The molecule has 32 heavy (non-hydrogen) atoms. The maximum absolute atomic E-state index is 13.1. The zero-order chi connectivity index (χ0) is 23.3. The highest BCUT2D eigenvalue weighted by atomic mass is 35.5. The summed E-state index contributed by atoms with van der Waals surface area (Å²) in [5, 5.41) is 3.26. The van der Waals surface area contributed by atoms with Gasteiger partial charge in [-0.05, 0) is 37.3 Å². The Labute approximate surface area is 191 Å². The minimum absolute atomic E-state index is 0.0788. The van der Waals surface area contributed by atoms with Crippen molar-refractivity contribution in [2.75, 3.05) is 34.5 Å². The summed E-state index contributed by atoms with van der Waals surface area (Å²) in [6.07, 6.45) is 0. The number of amides is 2. The zero-order valence-electron chi connectivity index (χ0n) is 18.3. The molecule has 2 amide bonds. The summed E-state index contributed by atoms with van der Waals surface area (Å²) >= 11 is 6.20. The number of rotatable bonds is 8. The van der Waals surface area contributed by atoms with Gasteiger partial charge in [0.1, 0.15) is 23.9 Å². The summed E-state index contributed by atoms with van der Waals surface area (Å²) in [7, 11) is 4.60. The van der Waals surface area contributed by atoms with Crippen LogP contribution in [0.4, 0.5) is 4.79 Å². The number of esters is 1. The molecule has 9 heteroatoms. The van der Waals surface area contributed by atoms with E-state index in [2.05, 4.69) is 5.32 Å². The van der Waals surface area contributed by atoms with Crippen LogP contribution in [-0.2, 0) is 9.53 Å². The van der Waals surface area contributed by atoms with Crippen molar-refractivity contribution in [3.63, 3.8) is 0 Å². The number of hydrogen-bond acceptors (Lipinski definition) is 6. The summed E-state index contributed by atoms with van der Waals surface area (Å²) in [5.41, 5.74) is 1.13. The van der Waals surface area contributed by atoms with E-state index in [1.165, 1.54) is 19.1 Å². The minimum Gasteiger partial charge on any atom is -0.497 e. The fourth-order valence-electron chi connectivity index (χ4n) is 3.39. The Bertz CT molecular complexity index is 1040. The van der Waals surface area contributed by atoms with Crippen molar-refractivity contribution in [2.45, 2.75) is 13.0 Å². The number of carbonyl (C=O) groups is 2. The zero-order valence-corrected chi connectivity index (χ0v) is 19.1. The lowest BCUT2D eigenvalue weighted by atomic mass is 9.93. The average molecular weight is 461 g/mol. The Morgan fingerprint density at radius 3 is 2.53 bits per heavy atom. The van der Waals surface area contributed by atoms with Gasteiger partial charge in [-0.1, -0.05) is 23.7 Å². The van der Waals surface area contributed by atoms with Gasteiger partial charge in [0, 0.05) is 12.6 Å². The molecule has 0 saturated heterocycles. The monoisotopic (exact) mass is 460 g/mol. The maximum atomic E-state index is 13.1. The van der Waals surface area contributed by atoms with Crippen molar-refractivity contribution in [2.24, 2.45) is 0 Å². The second-order valence-electron chi connectivity index (χ2n) is 6.85. The van der Waals surface area contributed by atoms with Crippen molar-refractivity contribution in [3.05, 3.63) is 64.3 Å². The maximum Gasteiger partial charge on any atom is 0.338 e. The number of nitrogens with one attached hydrogen (secondary N) is 1. The highest BCUT2D eigenvalue weighted by molar-refractivity contribution is 6.32. The lowest BCUT2D eigenvalue weighted by Crippen LogP contribution is -2.48. The number of halogens is 1. The van der Waals surface area contributed by atoms with Crippen LogP contribution in [0.1, 0.15) is 18.5 Å². The number of hydrogen-bond donors (Lipinski definition) is 1. The van der Waals surface area contributed by atoms with Crippen LogP contribution in [-0.4, -0.2) is 51.4 Å². The van der Waals surface area contributed by atoms with Crippen molar-refractivity contribution >= 4 is 23.6 Å². The quantitative estimate of drug-likeness (QED) is 0.600. The van der Waals surface area contributed by atoms with Gasteiger partial charge < -0.3 is 24.3 Å². The Kier molecular flexibility index (Phi) is 7.48. The first kappa shape index (κ1) is 23.3. The van der Waals surface area contributed by atoms with Crippen LogP contribution in [0.5, 0.6) is 17.2 Å². The Morgan fingerprint density at radius 2 is 1.88 bits per heavy atom. The van der Waals surface area contributed by atoms with Gasteiger partial charge in [0.25, 0.3) is 0 Å². The predicted octanol–water partition coefficient (Wildman–Crippen LogP) is 3.95. The number of para-hydroxylation sites is 1. The second kappa shape index (κ2) is 10.3. The summed E-state index contributed by atoms with van der Waals surface area (Å²) in [4.78, 5) is 27.2. The molecule has 3 rings (SSSR count). The minimum atomic E-state index is -0.840. The third-order valence-electron chi connectivity index (χ3n) is 5.02. The third kappa shape index (κ3) is 4.75. The van der Waals surface area contributed by atoms with E-state index in [0.717, 1.165) is 0 Å². The summed E-state index contributed by atoms with van der Waals surface area (Å²) in [6.45, 7) is 1.80. The van der Waals surface area contributed by atoms with Crippen LogP contribution in [0.15, 0.2) is 53.7 Å². The average Bonchev–Trinajstić information content (AvgIpc) is 2.80. The molecular weight excluding hydrogens is 436 g/mol. The first-order valence-corrected chi connectivity index (χ1v) is 10.3. The molecule has 1 heterocycles. The standard InChI is InChI=1S/C23H25ClN2O6/c1-5-31-22(27)20-17(13-32-19-9-7-6-8-16(19)24)26(2)23(28)25-21(20)15-12-14(29-3)10-11-18(15)30-4/h6-12,21H,5,13H2,1-4H3,(H,25,28)/t21-/m0/s1. The lowest BCUT2D eigenvalue weighted by molar-refractivity contribution is -0.139. The van der Waals surface area contributed by atoms with Gasteiger partial charge in [-0.25, -0.2) is 9.59 Å². The molecule has 0 spiro atoms. The fourth-order valence-corrected chi connectivity index (χ4v) is 3.58. The highest BCUT2D eigenvalue weighted by Gasteiger charge is 2.38. The van der Waals surface area contributed by atoms with Crippen molar-refractivity contribution in [1.82, 2.24) is 10.2 Å². The number of carbonyl (C=O) groups excluding carboxylic acids is 2. The van der Waals surface area contributed by atoms with E-state index < -0.39 is 18.0 Å². The van der Waals surface area contributed by atoms with E-state index in [9.17, 15) is 9.59 Å². The molecule has 2 aromatic carbocycles. The molecule has 0 saturated carbocycles. The number of ether oxygens (including phenoxy) is 4. The normalized spacial score (nSPS) is 15.8. The van der Waals surface area contributed by atoms with E-state index in [0.29, 0.717) is 33.5 Å². The van der Waals surface area contributed by atoms with Crippen LogP contribution < -0.4 is 19.5 Å². The summed E-state index contributed by atoms with van der Waals surface area (Å²) in [5.74, 6) is 0.881. The van der Waals surface area contributed by atoms with Gasteiger partial charge in [-0.15, -0.1) is 0 Å². The molecule has 0 aromatic heterocycles. The summed E-state index contributed by atoms with van der Waals surface area (Å²) < 4.78 is 22.0. The van der Waals surface area contributed by atoms with E-state index in [1.54, 1.807) is 56.4 Å². The van der Waals surface area contributed by atoms with E-state index in [-0.39, 0.29) is 18.8 Å². The largest absolute Gasteiger partial charge is 0.497 e. The van der Waals surface area contributed by atoms with E-state index in [1.807, 2.05) is 0 Å². The van der Waals surface area contributed by atoms with Crippen molar-refractivity contribution in [1.29, 1.82) is 0 Å². The highest BCUT2D eigenvalue weighted by Crippen LogP contribution is 2.38. The number of methoxy groups -OCH3 is 2. The number of nitrogens with zero attached hydrogens (tertiary/aromatic N) is 1. The molecule has 0 aliphatic carbocycles. The number of likely N-dealkylation sites (N-methyl/N-ethyl adjacent to an activating group) is 1. The van der Waals surface area contributed by atoms with Gasteiger partial charge in [0.05, 0.1) is 43.2 Å². The Balaban J connectivity index is 2.12. The van der Waals surface area contributed by atoms with Crippen molar-refractivity contribution in [3.8, 4) is 17.2 Å². The molecule has 1 aliphatic heterocycles. The Hall–Kier alpha value is -3.39. The van der Waals surface area contributed by atoms with Crippen LogP contribution in [0.2, 0.25) is 5.02 Å². The molecule has 2 aromatic rings. The molecule has 0 fully saturated rings. The van der Waals surface area contributed by atoms with Crippen LogP contribution in [0, 0.1) is 0 Å². The molecule has 8 nitrogen and oxygen atoms in total. The second-order valence-corrected chi connectivity index (χ2v) is 7.26. The lowest BCUT2D eigenvalue weighted by Gasteiger charge is -2.35. The van der Waals surface area contributed by atoms with Gasteiger partial charge in [-0.2, -0.15) is 0 Å². The molecule has 1 atom stereocenters. The summed E-state index contributed by atoms with van der Waals surface area (Å²) in [6, 6.07) is 10.9. The first-order valence-electron chi connectivity index (χ1n) is 9.94. The van der Waals surface area contributed by atoms with Crippen LogP contribution in [0.3, 0.4) is 0 Å². The van der Waals surface area contributed by atoms with E-state index in [4.69, 9.17) is 30.5 Å². The van der Waals surface area contributed by atoms with Gasteiger partial charge >= 0.3 is 12.0 Å². The molecule has 0 unspecified atom stereocenters. The number of urea groups is 1. The van der Waals surface area contributed by atoms with Gasteiger partial charge in [-0.3, -0.25) is 4.90 Å². The van der Waals surface area contributed by atoms with Gasteiger partial charge in [0.2, 0.25) is 0 Å². The van der Waals surface area contributed by atoms with E-state index >= 15 is 0 Å². The molecule has 1 aliphatic rings. The molecule has 0 bridgehead atoms. The van der Waals surface area contributed by atoms with Gasteiger partial charge in [0.15, 0.2) is 0 Å². The van der Waals surface area contributed by atoms with Crippen LogP contribution in [0.25, 0.3) is 0 Å². The predicted molar refractivity (Wildman–Crippen MR) is 119 cm³/mol. The molecule has 170 valence electrons. The topological polar surface area (TPSA) is 86.3 Å². The van der Waals surface area contributed by atoms with Crippen molar-refractivity contribution < 1.29 is 28.5 Å². The molecule has 0 radical (unpaired) electrons.